The molecule has 1 atom stereocenters. The van der Waals surface area contributed by atoms with Crippen molar-refractivity contribution in [2.24, 2.45) is 0 Å². The van der Waals surface area contributed by atoms with E-state index in [9.17, 15) is 4.79 Å². The summed E-state index contributed by atoms with van der Waals surface area (Å²) < 4.78 is 5.47. The largest absolute Gasteiger partial charge is 0.376 e. The lowest BCUT2D eigenvalue weighted by atomic mass is 10.2. The number of hydrogen-bond acceptors (Lipinski definition) is 3. The number of aromatic nitrogens is 2. The lowest BCUT2D eigenvalue weighted by Gasteiger charge is -2.10. The summed E-state index contributed by atoms with van der Waals surface area (Å²) in [7, 11) is 0. The number of H-pyrrole nitrogens is 1. The third-order valence-electron chi connectivity index (χ3n) is 3.58. The average Bonchev–Trinajstić information content (AvgIpc) is 3.11. The molecule has 1 saturated heterocycles. The van der Waals surface area contributed by atoms with E-state index in [-0.39, 0.29) is 12.0 Å². The molecule has 0 unspecified atom stereocenters. The van der Waals surface area contributed by atoms with E-state index in [0.717, 1.165) is 36.3 Å². The fraction of sp³-hybridized carbons (Fsp3) is 0.467. The van der Waals surface area contributed by atoms with Gasteiger partial charge in [-0.3, -0.25) is 4.79 Å². The highest BCUT2D eigenvalue weighted by Crippen LogP contribution is 2.12. The molecule has 2 heterocycles. The Labute approximate surface area is 117 Å². The molecule has 0 bridgehead atoms. The number of hydrogen-bond donors (Lipinski definition) is 2. The lowest BCUT2D eigenvalue weighted by molar-refractivity contribution is -0.121. The van der Waals surface area contributed by atoms with Gasteiger partial charge in [-0.15, -0.1) is 0 Å². The summed E-state index contributed by atoms with van der Waals surface area (Å²) in [6, 6.07) is 7.88. The van der Waals surface area contributed by atoms with Crippen LogP contribution in [-0.4, -0.2) is 35.1 Å². The zero-order chi connectivity index (χ0) is 13.8. The highest BCUT2D eigenvalue weighted by molar-refractivity contribution is 5.77. The maximum Gasteiger partial charge on any atom is 0.220 e. The molecule has 2 N–H and O–H groups in total. The maximum atomic E-state index is 11.8. The smallest absolute Gasteiger partial charge is 0.220 e. The molecule has 3 rings (SSSR count). The predicted molar refractivity (Wildman–Crippen MR) is 76.4 cm³/mol. The molecule has 0 saturated carbocycles. The highest BCUT2D eigenvalue weighted by Gasteiger charge is 2.16. The summed E-state index contributed by atoms with van der Waals surface area (Å²) in [4.78, 5) is 19.5. The first kappa shape index (κ1) is 13.1. The van der Waals surface area contributed by atoms with Crippen molar-refractivity contribution in [3.8, 4) is 0 Å². The second-order valence-electron chi connectivity index (χ2n) is 5.14. The Balaban J connectivity index is 1.47. The molecule has 0 radical (unpaired) electrons. The van der Waals surface area contributed by atoms with Crippen molar-refractivity contribution >= 4 is 16.9 Å². The molecule has 0 spiro atoms. The van der Waals surface area contributed by atoms with E-state index in [0.29, 0.717) is 19.4 Å². The van der Waals surface area contributed by atoms with Crippen molar-refractivity contribution in [3.63, 3.8) is 0 Å². The minimum atomic E-state index is 0.0564. The second kappa shape index (κ2) is 6.05. The number of nitrogens with zero attached hydrogens (tertiary/aromatic N) is 1. The number of aromatic amines is 1. The molecule has 2 aromatic rings. The number of ether oxygens (including phenoxy) is 1. The molecular formula is C15H19N3O2. The summed E-state index contributed by atoms with van der Waals surface area (Å²) in [5.74, 6) is 0.916. The predicted octanol–water partition coefficient (Wildman–Crippen LogP) is 1.79. The standard InChI is InChI=1S/C15H19N3O2/c19-15(16-10-11-4-3-9-20-11)8-7-14-17-12-5-1-2-6-13(12)18-14/h1-2,5-6,11H,3-4,7-10H2,(H,16,19)(H,17,18)/t11-/m1/s1. The lowest BCUT2D eigenvalue weighted by Crippen LogP contribution is -2.31. The van der Waals surface area contributed by atoms with Crippen LogP contribution in [0.2, 0.25) is 0 Å². The molecule has 5 heteroatoms. The fourth-order valence-corrected chi connectivity index (χ4v) is 2.48. The van der Waals surface area contributed by atoms with Gasteiger partial charge in [-0.05, 0) is 25.0 Å². The Bertz CT molecular complexity index is 555. The van der Waals surface area contributed by atoms with Gasteiger partial charge >= 0.3 is 0 Å². The Morgan fingerprint density at radius 1 is 1.45 bits per heavy atom. The van der Waals surface area contributed by atoms with Crippen LogP contribution in [-0.2, 0) is 16.0 Å². The molecule has 1 aromatic heterocycles. The van der Waals surface area contributed by atoms with Gasteiger partial charge in [0.15, 0.2) is 0 Å². The summed E-state index contributed by atoms with van der Waals surface area (Å²) in [5, 5.41) is 2.92. The van der Waals surface area contributed by atoms with Crippen molar-refractivity contribution in [1.29, 1.82) is 0 Å². The minimum absolute atomic E-state index is 0.0564. The van der Waals surface area contributed by atoms with Crippen LogP contribution >= 0.6 is 0 Å². The summed E-state index contributed by atoms with van der Waals surface area (Å²) in [6.07, 6.45) is 3.42. The first-order chi connectivity index (χ1) is 9.81. The van der Waals surface area contributed by atoms with Gasteiger partial charge in [0.05, 0.1) is 17.1 Å². The molecular weight excluding hydrogens is 254 g/mol. The van der Waals surface area contributed by atoms with Gasteiger partial charge in [0.2, 0.25) is 5.91 Å². The number of aryl methyl sites for hydroxylation is 1. The molecule has 106 valence electrons. The van der Waals surface area contributed by atoms with Gasteiger partial charge in [-0.1, -0.05) is 12.1 Å². The van der Waals surface area contributed by atoms with Crippen LogP contribution in [0, 0.1) is 0 Å². The van der Waals surface area contributed by atoms with Gasteiger partial charge in [0.25, 0.3) is 0 Å². The molecule has 1 aliphatic rings. The van der Waals surface area contributed by atoms with Crippen molar-refractivity contribution in [2.45, 2.75) is 31.8 Å². The highest BCUT2D eigenvalue weighted by atomic mass is 16.5. The van der Waals surface area contributed by atoms with Crippen LogP contribution in [0.1, 0.15) is 25.1 Å². The van der Waals surface area contributed by atoms with Crippen LogP contribution in [0.15, 0.2) is 24.3 Å². The van der Waals surface area contributed by atoms with Crippen LogP contribution in [0.5, 0.6) is 0 Å². The molecule has 1 aromatic carbocycles. The number of imidazole rings is 1. The van der Waals surface area contributed by atoms with Crippen molar-refractivity contribution in [3.05, 3.63) is 30.1 Å². The molecule has 1 amide bonds. The zero-order valence-electron chi connectivity index (χ0n) is 11.4. The molecule has 1 aliphatic heterocycles. The van der Waals surface area contributed by atoms with Crippen molar-refractivity contribution in [1.82, 2.24) is 15.3 Å². The number of amides is 1. The third-order valence-corrected chi connectivity index (χ3v) is 3.58. The van der Waals surface area contributed by atoms with E-state index in [2.05, 4.69) is 15.3 Å². The van der Waals surface area contributed by atoms with Crippen molar-refractivity contribution in [2.75, 3.05) is 13.2 Å². The quantitative estimate of drug-likeness (QED) is 0.872. The topological polar surface area (TPSA) is 67.0 Å². The van der Waals surface area contributed by atoms with Gasteiger partial charge in [0.1, 0.15) is 5.82 Å². The van der Waals surface area contributed by atoms with E-state index in [1.54, 1.807) is 0 Å². The number of nitrogens with one attached hydrogen (secondary N) is 2. The molecule has 1 fully saturated rings. The number of fused-ring (bicyclic) bond motifs is 1. The van der Waals surface area contributed by atoms with Gasteiger partial charge in [-0.2, -0.15) is 0 Å². The Morgan fingerprint density at radius 3 is 3.15 bits per heavy atom. The average molecular weight is 273 g/mol. The molecule has 20 heavy (non-hydrogen) atoms. The summed E-state index contributed by atoms with van der Waals surface area (Å²) in [6.45, 7) is 1.44. The minimum Gasteiger partial charge on any atom is -0.376 e. The zero-order valence-corrected chi connectivity index (χ0v) is 11.4. The molecule has 0 aliphatic carbocycles. The van der Waals surface area contributed by atoms with Crippen LogP contribution in [0.25, 0.3) is 11.0 Å². The maximum absolute atomic E-state index is 11.8. The van der Waals surface area contributed by atoms with Gasteiger partial charge in [0, 0.05) is 26.0 Å². The van der Waals surface area contributed by atoms with E-state index < -0.39 is 0 Å². The van der Waals surface area contributed by atoms with Crippen molar-refractivity contribution < 1.29 is 9.53 Å². The van der Waals surface area contributed by atoms with E-state index in [1.807, 2.05) is 24.3 Å². The fourth-order valence-electron chi connectivity index (χ4n) is 2.48. The number of carbonyl (C=O) groups is 1. The molecule has 5 nitrogen and oxygen atoms in total. The monoisotopic (exact) mass is 273 g/mol. The number of carbonyl (C=O) groups excluding carboxylic acids is 1. The van der Waals surface area contributed by atoms with Crippen LogP contribution in [0.4, 0.5) is 0 Å². The Kier molecular flexibility index (Phi) is 3.97. The van der Waals surface area contributed by atoms with Crippen LogP contribution < -0.4 is 5.32 Å². The summed E-state index contributed by atoms with van der Waals surface area (Å²) >= 11 is 0. The summed E-state index contributed by atoms with van der Waals surface area (Å²) in [5.41, 5.74) is 1.96. The van der Waals surface area contributed by atoms with E-state index in [1.165, 1.54) is 0 Å². The Hall–Kier alpha value is -1.88. The van der Waals surface area contributed by atoms with Gasteiger partial charge in [-0.25, -0.2) is 4.98 Å². The normalized spacial score (nSPS) is 18.5. The SMILES string of the molecule is O=C(CCc1nc2ccccc2[nH]1)NC[C@H]1CCCO1. The van der Waals surface area contributed by atoms with E-state index >= 15 is 0 Å². The third kappa shape index (κ3) is 3.17. The first-order valence-electron chi connectivity index (χ1n) is 7.13. The van der Waals surface area contributed by atoms with Gasteiger partial charge < -0.3 is 15.0 Å². The second-order valence-corrected chi connectivity index (χ2v) is 5.14. The Morgan fingerprint density at radius 2 is 2.35 bits per heavy atom. The first-order valence-corrected chi connectivity index (χ1v) is 7.13. The van der Waals surface area contributed by atoms with Crippen LogP contribution in [0.3, 0.4) is 0 Å². The number of rotatable bonds is 5. The number of para-hydroxylation sites is 2. The number of benzene rings is 1. The van der Waals surface area contributed by atoms with E-state index in [4.69, 9.17) is 4.74 Å².